The zero-order valence-electron chi connectivity index (χ0n) is 11.5. The van der Waals surface area contributed by atoms with Crippen molar-refractivity contribution in [3.8, 4) is 0 Å². The van der Waals surface area contributed by atoms with Crippen molar-refractivity contribution < 1.29 is 10.0 Å². The van der Waals surface area contributed by atoms with Crippen LogP contribution in [0.4, 0.5) is 0 Å². The van der Waals surface area contributed by atoms with Crippen LogP contribution in [0.15, 0.2) is 5.16 Å². The van der Waals surface area contributed by atoms with Gasteiger partial charge in [0.05, 0.1) is 0 Å². The molecule has 5 nitrogen and oxygen atoms in total. The molecule has 0 aromatic heterocycles. The molecule has 0 heterocycles. The van der Waals surface area contributed by atoms with Crippen molar-refractivity contribution in [3.05, 3.63) is 0 Å². The molecule has 0 aliphatic heterocycles. The number of rotatable bonds is 6. The van der Waals surface area contributed by atoms with Crippen LogP contribution in [-0.4, -0.2) is 22.5 Å². The Morgan fingerprint density at radius 2 is 1.88 bits per heavy atom. The molecule has 0 radical (unpaired) electrons. The molecular formula is C12H25N3O2. The summed E-state index contributed by atoms with van der Waals surface area (Å²) in [6.45, 7) is 9.52. The van der Waals surface area contributed by atoms with Crippen LogP contribution >= 0.6 is 0 Å². The molecule has 0 aromatic carbocycles. The number of nitrogens with zero attached hydrogens (tertiary/aromatic N) is 1. The Bertz CT molecular complexity index is 300. The number of nitrogens with two attached hydrogens (primary N) is 1. The molecule has 1 unspecified atom stereocenters. The average molecular weight is 243 g/mol. The second kappa shape index (κ2) is 5.89. The van der Waals surface area contributed by atoms with Crippen molar-refractivity contribution in [1.29, 1.82) is 0 Å². The van der Waals surface area contributed by atoms with Crippen LogP contribution in [0.5, 0.6) is 0 Å². The van der Waals surface area contributed by atoms with Gasteiger partial charge in [-0.2, -0.15) is 0 Å². The summed E-state index contributed by atoms with van der Waals surface area (Å²) in [6, 6.07) is 0. The summed E-state index contributed by atoms with van der Waals surface area (Å²) in [5, 5.41) is 14.7. The maximum atomic E-state index is 12.2. The molecule has 0 aliphatic carbocycles. The highest BCUT2D eigenvalue weighted by molar-refractivity contribution is 6.06. The summed E-state index contributed by atoms with van der Waals surface area (Å²) in [5.74, 6) is -0.251. The van der Waals surface area contributed by atoms with E-state index in [1.807, 2.05) is 20.8 Å². The van der Waals surface area contributed by atoms with Gasteiger partial charge in [-0.3, -0.25) is 4.79 Å². The fourth-order valence-corrected chi connectivity index (χ4v) is 1.70. The topological polar surface area (TPSA) is 87.7 Å². The van der Waals surface area contributed by atoms with Crippen LogP contribution in [0.3, 0.4) is 0 Å². The minimum absolute atomic E-state index is 0.0511. The molecule has 0 saturated heterocycles. The van der Waals surface area contributed by atoms with Gasteiger partial charge in [-0.1, -0.05) is 25.4 Å². The molecular weight excluding hydrogens is 218 g/mol. The van der Waals surface area contributed by atoms with Crippen LogP contribution < -0.4 is 11.1 Å². The Kier molecular flexibility index (Phi) is 5.45. The zero-order valence-corrected chi connectivity index (χ0v) is 11.5. The van der Waals surface area contributed by atoms with E-state index in [2.05, 4.69) is 17.4 Å². The first-order valence-electron chi connectivity index (χ1n) is 6.04. The number of hydrogen-bond donors (Lipinski definition) is 3. The van der Waals surface area contributed by atoms with E-state index in [0.29, 0.717) is 6.42 Å². The number of nitrogens with one attached hydrogen (secondary N) is 1. The number of carbonyl (C=O) groups is 1. The summed E-state index contributed by atoms with van der Waals surface area (Å²) in [6.07, 6.45) is 2.35. The number of oxime groups is 1. The predicted octanol–water partition coefficient (Wildman–Crippen LogP) is 1.84. The monoisotopic (exact) mass is 243 g/mol. The number of carbonyl (C=O) groups excluding carboxylic acids is 1. The van der Waals surface area contributed by atoms with Crippen LogP contribution in [0.2, 0.25) is 0 Å². The minimum Gasteiger partial charge on any atom is -0.409 e. The smallest absolute Gasteiger partial charge is 0.234 e. The van der Waals surface area contributed by atoms with Crippen molar-refractivity contribution in [1.82, 2.24) is 5.32 Å². The standard InChI is InChI=1S/C12H25N3O2/c1-6-8-11(3,4)14-10(16)12(5,7-2)9(13)15-17/h17H,6-8H2,1-5H3,(H2,13,15)(H,14,16). The second-order valence-electron chi connectivity index (χ2n) is 5.26. The maximum absolute atomic E-state index is 12.2. The molecule has 0 fully saturated rings. The van der Waals surface area contributed by atoms with Gasteiger partial charge in [0.1, 0.15) is 5.41 Å². The van der Waals surface area contributed by atoms with Crippen LogP contribution in [0.25, 0.3) is 0 Å². The van der Waals surface area contributed by atoms with E-state index >= 15 is 0 Å². The third-order valence-corrected chi connectivity index (χ3v) is 3.21. The molecule has 0 spiro atoms. The van der Waals surface area contributed by atoms with Gasteiger partial charge in [-0.25, -0.2) is 0 Å². The zero-order chi connectivity index (χ0) is 13.7. The lowest BCUT2D eigenvalue weighted by Crippen LogP contribution is -2.53. The van der Waals surface area contributed by atoms with E-state index in [1.54, 1.807) is 6.92 Å². The maximum Gasteiger partial charge on any atom is 0.234 e. The second-order valence-corrected chi connectivity index (χ2v) is 5.26. The molecule has 17 heavy (non-hydrogen) atoms. The summed E-state index contributed by atoms with van der Waals surface area (Å²) in [7, 11) is 0. The number of amidine groups is 1. The van der Waals surface area contributed by atoms with E-state index in [-0.39, 0.29) is 17.3 Å². The van der Waals surface area contributed by atoms with Crippen molar-refractivity contribution in [2.45, 2.75) is 59.4 Å². The van der Waals surface area contributed by atoms with Crippen molar-refractivity contribution in [2.75, 3.05) is 0 Å². The van der Waals surface area contributed by atoms with E-state index in [1.165, 1.54) is 0 Å². The molecule has 0 bridgehead atoms. The molecule has 100 valence electrons. The highest BCUT2D eigenvalue weighted by Gasteiger charge is 2.38. The van der Waals surface area contributed by atoms with Gasteiger partial charge in [0.2, 0.25) is 5.91 Å². The molecule has 1 amide bonds. The first-order valence-corrected chi connectivity index (χ1v) is 6.04. The Hall–Kier alpha value is -1.26. The van der Waals surface area contributed by atoms with Gasteiger partial charge in [0, 0.05) is 5.54 Å². The Morgan fingerprint density at radius 1 is 1.35 bits per heavy atom. The number of hydrogen-bond acceptors (Lipinski definition) is 3. The van der Waals surface area contributed by atoms with E-state index in [0.717, 1.165) is 12.8 Å². The molecule has 1 atom stereocenters. The third-order valence-electron chi connectivity index (χ3n) is 3.21. The highest BCUT2D eigenvalue weighted by Crippen LogP contribution is 2.23. The van der Waals surface area contributed by atoms with Gasteiger partial charge in [-0.05, 0) is 33.6 Å². The van der Waals surface area contributed by atoms with Crippen LogP contribution in [0, 0.1) is 5.41 Å². The highest BCUT2D eigenvalue weighted by atomic mass is 16.4. The molecule has 0 aromatic rings. The Morgan fingerprint density at radius 3 is 2.24 bits per heavy atom. The molecule has 0 saturated carbocycles. The normalized spacial score (nSPS) is 16.4. The lowest BCUT2D eigenvalue weighted by atomic mass is 9.83. The summed E-state index contributed by atoms with van der Waals surface area (Å²) in [4.78, 5) is 12.2. The molecule has 4 N–H and O–H groups in total. The minimum atomic E-state index is -0.959. The Labute approximate surface area is 103 Å². The van der Waals surface area contributed by atoms with Gasteiger partial charge >= 0.3 is 0 Å². The largest absolute Gasteiger partial charge is 0.409 e. The molecule has 0 rings (SSSR count). The predicted molar refractivity (Wildman–Crippen MR) is 68.9 cm³/mol. The summed E-state index contributed by atoms with van der Waals surface area (Å²) in [5.41, 5.74) is 4.36. The van der Waals surface area contributed by atoms with Gasteiger partial charge < -0.3 is 16.3 Å². The molecule has 5 heteroatoms. The summed E-state index contributed by atoms with van der Waals surface area (Å²) < 4.78 is 0. The van der Waals surface area contributed by atoms with E-state index < -0.39 is 5.41 Å². The summed E-state index contributed by atoms with van der Waals surface area (Å²) >= 11 is 0. The van der Waals surface area contributed by atoms with Gasteiger partial charge in [0.25, 0.3) is 0 Å². The van der Waals surface area contributed by atoms with Crippen LogP contribution in [0.1, 0.15) is 53.9 Å². The quantitative estimate of drug-likeness (QED) is 0.288. The first-order chi connectivity index (χ1) is 7.73. The fraction of sp³-hybridized carbons (Fsp3) is 0.833. The third kappa shape index (κ3) is 3.91. The SMILES string of the molecule is CCCC(C)(C)NC(=O)C(C)(CC)C(N)=NO. The van der Waals surface area contributed by atoms with Crippen molar-refractivity contribution >= 4 is 11.7 Å². The Balaban J connectivity index is 4.90. The first kappa shape index (κ1) is 15.7. The van der Waals surface area contributed by atoms with E-state index in [4.69, 9.17) is 10.9 Å². The van der Waals surface area contributed by atoms with Crippen molar-refractivity contribution in [2.24, 2.45) is 16.3 Å². The lowest BCUT2D eigenvalue weighted by molar-refractivity contribution is -0.128. The van der Waals surface area contributed by atoms with Gasteiger partial charge in [0.15, 0.2) is 5.84 Å². The van der Waals surface area contributed by atoms with Crippen LogP contribution in [-0.2, 0) is 4.79 Å². The fourth-order valence-electron chi connectivity index (χ4n) is 1.70. The van der Waals surface area contributed by atoms with Gasteiger partial charge in [-0.15, -0.1) is 0 Å². The van der Waals surface area contributed by atoms with E-state index in [9.17, 15) is 4.79 Å². The van der Waals surface area contributed by atoms with Crippen molar-refractivity contribution in [3.63, 3.8) is 0 Å². The average Bonchev–Trinajstić information content (AvgIpc) is 2.25. The number of amides is 1. The molecule has 0 aliphatic rings. The lowest BCUT2D eigenvalue weighted by Gasteiger charge is -2.32.